The smallest absolute Gasteiger partial charge is 0.225 e. The largest absolute Gasteiger partial charge is 0.375 e. The third-order valence-electron chi connectivity index (χ3n) is 3.31. The van der Waals surface area contributed by atoms with Crippen LogP contribution in [0.4, 0.5) is 0 Å². The number of carbonyl (C=O) groups is 1. The van der Waals surface area contributed by atoms with Gasteiger partial charge in [-0.3, -0.25) is 4.79 Å². The van der Waals surface area contributed by atoms with Gasteiger partial charge in [-0.2, -0.15) is 0 Å². The van der Waals surface area contributed by atoms with Crippen molar-refractivity contribution in [3.05, 3.63) is 0 Å². The second-order valence-corrected chi connectivity index (χ2v) is 4.48. The van der Waals surface area contributed by atoms with E-state index >= 15 is 0 Å². The van der Waals surface area contributed by atoms with Crippen LogP contribution in [0.1, 0.15) is 26.2 Å². The van der Waals surface area contributed by atoms with Crippen molar-refractivity contribution in [2.24, 2.45) is 5.92 Å². The Kier molecular flexibility index (Phi) is 2.06. The lowest BCUT2D eigenvalue weighted by Gasteiger charge is -2.48. The maximum Gasteiger partial charge on any atom is 0.225 e. The number of carbonyl (C=O) groups excluding carboxylic acids is 1. The molecular weight excluding hydrogens is 166 g/mol. The van der Waals surface area contributed by atoms with Crippen molar-refractivity contribution in [3.8, 4) is 0 Å². The number of methoxy groups -OCH3 is 1. The molecule has 1 aliphatic heterocycles. The van der Waals surface area contributed by atoms with Gasteiger partial charge in [-0.25, -0.2) is 0 Å². The fourth-order valence-electron chi connectivity index (χ4n) is 1.96. The second-order valence-electron chi connectivity index (χ2n) is 4.48. The zero-order valence-electron chi connectivity index (χ0n) is 8.38. The summed E-state index contributed by atoms with van der Waals surface area (Å²) in [5, 5.41) is 0. The summed E-state index contributed by atoms with van der Waals surface area (Å²) in [6, 6.07) is 0. The van der Waals surface area contributed by atoms with Gasteiger partial charge in [0.15, 0.2) is 0 Å². The van der Waals surface area contributed by atoms with E-state index in [9.17, 15) is 4.79 Å². The van der Waals surface area contributed by atoms with Gasteiger partial charge in [-0.1, -0.05) is 6.42 Å². The van der Waals surface area contributed by atoms with Gasteiger partial charge in [0.25, 0.3) is 0 Å². The lowest BCUT2D eigenvalue weighted by atomic mass is 9.82. The van der Waals surface area contributed by atoms with Gasteiger partial charge in [0, 0.05) is 13.0 Å². The first-order valence-electron chi connectivity index (χ1n) is 4.98. The van der Waals surface area contributed by atoms with Crippen LogP contribution in [-0.4, -0.2) is 36.6 Å². The van der Waals surface area contributed by atoms with Crippen molar-refractivity contribution < 1.29 is 9.53 Å². The van der Waals surface area contributed by atoms with Gasteiger partial charge in [-0.15, -0.1) is 0 Å². The topological polar surface area (TPSA) is 29.5 Å². The molecule has 3 heteroatoms. The first-order chi connectivity index (χ1) is 6.14. The Morgan fingerprint density at radius 2 is 2.08 bits per heavy atom. The zero-order valence-corrected chi connectivity index (χ0v) is 8.38. The van der Waals surface area contributed by atoms with Crippen molar-refractivity contribution in [1.29, 1.82) is 0 Å². The molecule has 1 saturated heterocycles. The van der Waals surface area contributed by atoms with Gasteiger partial charge in [0.1, 0.15) is 0 Å². The number of amides is 1. The van der Waals surface area contributed by atoms with Crippen molar-refractivity contribution in [1.82, 2.24) is 4.90 Å². The number of likely N-dealkylation sites (tertiary alicyclic amines) is 1. The number of nitrogens with zero attached hydrogens (tertiary/aromatic N) is 1. The molecule has 0 aromatic carbocycles. The molecule has 0 spiro atoms. The van der Waals surface area contributed by atoms with Crippen molar-refractivity contribution in [3.63, 3.8) is 0 Å². The molecule has 1 amide bonds. The monoisotopic (exact) mass is 183 g/mol. The molecule has 0 radical (unpaired) electrons. The van der Waals surface area contributed by atoms with Crippen LogP contribution in [0.2, 0.25) is 0 Å². The van der Waals surface area contributed by atoms with Gasteiger partial charge in [0.05, 0.1) is 18.7 Å². The molecule has 74 valence electrons. The average molecular weight is 183 g/mol. The quantitative estimate of drug-likeness (QED) is 0.640. The lowest BCUT2D eigenvalue weighted by Crippen LogP contribution is -2.64. The molecular formula is C10H17NO2. The Hall–Kier alpha value is -0.570. The van der Waals surface area contributed by atoms with E-state index in [1.54, 1.807) is 7.11 Å². The van der Waals surface area contributed by atoms with E-state index in [1.807, 2.05) is 4.90 Å². The van der Waals surface area contributed by atoms with Gasteiger partial charge in [0.2, 0.25) is 5.91 Å². The fourth-order valence-corrected chi connectivity index (χ4v) is 1.96. The summed E-state index contributed by atoms with van der Waals surface area (Å²) in [4.78, 5) is 13.6. The minimum atomic E-state index is -0.0700. The van der Waals surface area contributed by atoms with Crippen LogP contribution in [0.3, 0.4) is 0 Å². The first-order valence-corrected chi connectivity index (χ1v) is 4.98. The number of ether oxygens (including phenoxy) is 1. The third-order valence-corrected chi connectivity index (χ3v) is 3.31. The average Bonchev–Trinajstić information content (AvgIpc) is 1.95. The number of rotatable bonds is 2. The maximum absolute atomic E-state index is 11.7. The molecule has 0 N–H and O–H groups in total. The third kappa shape index (κ3) is 1.46. The van der Waals surface area contributed by atoms with E-state index in [4.69, 9.17) is 4.74 Å². The zero-order chi connectivity index (χ0) is 9.47. The molecule has 13 heavy (non-hydrogen) atoms. The highest BCUT2D eigenvalue weighted by Crippen LogP contribution is 2.32. The Balaban J connectivity index is 1.82. The fraction of sp³-hybridized carbons (Fsp3) is 0.900. The first kappa shape index (κ1) is 9.00. The Labute approximate surface area is 79.0 Å². The van der Waals surface area contributed by atoms with Crippen molar-refractivity contribution >= 4 is 5.91 Å². The molecule has 1 heterocycles. The minimum Gasteiger partial charge on any atom is -0.375 e. The van der Waals surface area contributed by atoms with Crippen LogP contribution in [-0.2, 0) is 9.53 Å². The Bertz CT molecular complexity index is 217. The highest BCUT2D eigenvalue weighted by atomic mass is 16.5. The maximum atomic E-state index is 11.7. The SMILES string of the molecule is COC1(C)CN(C(=O)C2CCC2)C1. The molecule has 3 nitrogen and oxygen atoms in total. The Morgan fingerprint density at radius 3 is 2.46 bits per heavy atom. The molecule has 0 atom stereocenters. The van der Waals surface area contributed by atoms with Crippen LogP contribution in [0, 0.1) is 5.92 Å². The summed E-state index contributed by atoms with van der Waals surface area (Å²) in [6.07, 6.45) is 3.42. The summed E-state index contributed by atoms with van der Waals surface area (Å²) in [7, 11) is 1.71. The van der Waals surface area contributed by atoms with Crippen LogP contribution in [0.15, 0.2) is 0 Å². The number of hydrogen-bond acceptors (Lipinski definition) is 2. The predicted octanol–water partition coefficient (Wildman–Crippen LogP) is 1.03. The summed E-state index contributed by atoms with van der Waals surface area (Å²) in [5.41, 5.74) is -0.0700. The van der Waals surface area contributed by atoms with E-state index in [2.05, 4.69) is 6.92 Å². The van der Waals surface area contributed by atoms with Crippen LogP contribution >= 0.6 is 0 Å². The molecule has 0 aromatic rings. The molecule has 2 fully saturated rings. The normalized spacial score (nSPS) is 26.5. The minimum absolute atomic E-state index is 0.0700. The van der Waals surface area contributed by atoms with Crippen molar-refractivity contribution in [2.75, 3.05) is 20.2 Å². The van der Waals surface area contributed by atoms with E-state index in [0.29, 0.717) is 11.8 Å². The number of hydrogen-bond donors (Lipinski definition) is 0. The van der Waals surface area contributed by atoms with Crippen LogP contribution in [0.25, 0.3) is 0 Å². The molecule has 1 aliphatic carbocycles. The van der Waals surface area contributed by atoms with E-state index in [-0.39, 0.29) is 5.60 Å². The molecule has 0 bridgehead atoms. The van der Waals surface area contributed by atoms with Gasteiger partial charge >= 0.3 is 0 Å². The summed E-state index contributed by atoms with van der Waals surface area (Å²) >= 11 is 0. The highest BCUT2D eigenvalue weighted by molar-refractivity contribution is 5.80. The van der Waals surface area contributed by atoms with E-state index in [1.165, 1.54) is 6.42 Å². The molecule has 0 unspecified atom stereocenters. The molecule has 2 rings (SSSR count). The van der Waals surface area contributed by atoms with E-state index < -0.39 is 0 Å². The molecule has 0 aromatic heterocycles. The summed E-state index contributed by atoms with van der Waals surface area (Å²) in [5.74, 6) is 0.683. The summed E-state index contributed by atoms with van der Waals surface area (Å²) in [6.45, 7) is 3.61. The predicted molar refractivity (Wildman–Crippen MR) is 49.3 cm³/mol. The van der Waals surface area contributed by atoms with Crippen molar-refractivity contribution in [2.45, 2.75) is 31.8 Å². The summed E-state index contributed by atoms with van der Waals surface area (Å²) < 4.78 is 5.29. The van der Waals surface area contributed by atoms with Gasteiger partial charge < -0.3 is 9.64 Å². The molecule has 1 saturated carbocycles. The van der Waals surface area contributed by atoms with Crippen LogP contribution < -0.4 is 0 Å². The lowest BCUT2D eigenvalue weighted by molar-refractivity contribution is -0.164. The Morgan fingerprint density at radius 1 is 1.46 bits per heavy atom. The van der Waals surface area contributed by atoms with Crippen LogP contribution in [0.5, 0.6) is 0 Å². The van der Waals surface area contributed by atoms with Gasteiger partial charge in [-0.05, 0) is 19.8 Å². The van der Waals surface area contributed by atoms with E-state index in [0.717, 1.165) is 25.9 Å². The highest BCUT2D eigenvalue weighted by Gasteiger charge is 2.43. The molecule has 2 aliphatic rings. The second kappa shape index (κ2) is 2.98. The standard InChI is InChI=1S/C10H17NO2/c1-10(13-2)6-11(7-10)9(12)8-4-3-5-8/h8H,3-7H2,1-2H3.